The Morgan fingerprint density at radius 2 is 1.78 bits per heavy atom. The van der Waals surface area contributed by atoms with Crippen LogP contribution >= 0.6 is 0 Å². The zero-order valence-corrected chi connectivity index (χ0v) is 16.0. The second-order valence-corrected chi connectivity index (χ2v) is 6.73. The predicted molar refractivity (Wildman–Crippen MR) is 108 cm³/mol. The normalized spacial score (nSPS) is 12.1. The average Bonchev–Trinajstić information content (AvgIpc) is 2.65. The van der Waals surface area contributed by atoms with Crippen LogP contribution in [0.3, 0.4) is 0 Å². The minimum atomic E-state index is -0.516. The number of ether oxygens (including phenoxy) is 3. The number of hydrogen-bond acceptors (Lipinski definition) is 4. The zero-order chi connectivity index (χ0) is 19.4. The highest BCUT2D eigenvalue weighted by Crippen LogP contribution is 2.35. The average molecular weight is 364 g/mol. The number of aryl methyl sites for hydroxylation is 1. The van der Waals surface area contributed by atoms with E-state index in [2.05, 4.69) is 43.8 Å². The molecule has 3 aromatic carbocycles. The summed E-state index contributed by atoms with van der Waals surface area (Å²) in [5.41, 5.74) is 1.51. The minimum absolute atomic E-state index is 0.198. The van der Waals surface area contributed by atoms with Crippen LogP contribution in [0.1, 0.15) is 12.5 Å². The second-order valence-electron chi connectivity index (χ2n) is 6.73. The fourth-order valence-corrected chi connectivity index (χ4v) is 3.02. The van der Waals surface area contributed by atoms with Gasteiger partial charge in [0.1, 0.15) is 12.4 Å². The Morgan fingerprint density at radius 1 is 1.04 bits per heavy atom. The van der Waals surface area contributed by atoms with Crippen LogP contribution in [0.4, 0.5) is 0 Å². The molecule has 0 aliphatic rings. The molecule has 0 aromatic heterocycles. The van der Waals surface area contributed by atoms with Crippen molar-refractivity contribution >= 4 is 27.5 Å². The van der Waals surface area contributed by atoms with E-state index in [1.54, 1.807) is 14.0 Å². The first-order valence-corrected chi connectivity index (χ1v) is 8.90. The first kappa shape index (κ1) is 18.9. The van der Waals surface area contributed by atoms with Gasteiger partial charge in [-0.3, -0.25) is 0 Å². The monoisotopic (exact) mass is 364 g/mol. The topological polar surface area (TPSA) is 44.8 Å². The Hall–Kier alpha value is -2.85. The van der Waals surface area contributed by atoms with Crippen molar-refractivity contribution in [1.82, 2.24) is 0 Å². The fourth-order valence-electron chi connectivity index (χ4n) is 3.02. The molecule has 0 aliphatic carbocycles. The van der Waals surface area contributed by atoms with Crippen molar-refractivity contribution < 1.29 is 19.0 Å². The Labute approximate surface area is 159 Å². The van der Waals surface area contributed by atoms with Gasteiger partial charge in [0, 0.05) is 23.5 Å². The molecule has 1 atom stereocenters. The molecule has 0 saturated heterocycles. The molecular weight excluding hydrogens is 340 g/mol. The third-order valence-electron chi connectivity index (χ3n) is 4.36. The van der Waals surface area contributed by atoms with E-state index in [4.69, 9.17) is 14.2 Å². The summed E-state index contributed by atoms with van der Waals surface area (Å²) in [4.78, 5) is 11.9. The third-order valence-corrected chi connectivity index (χ3v) is 4.36. The number of fused-ring (bicyclic) bond motifs is 2. The van der Waals surface area contributed by atoms with Gasteiger partial charge in [0.05, 0.1) is 6.61 Å². The first-order chi connectivity index (χ1) is 13.0. The van der Waals surface area contributed by atoms with Crippen molar-refractivity contribution in [1.29, 1.82) is 0 Å². The van der Waals surface area contributed by atoms with Crippen LogP contribution in [-0.4, -0.2) is 32.4 Å². The largest absolute Gasteiger partial charge is 0.488 e. The summed E-state index contributed by atoms with van der Waals surface area (Å²) in [6.07, 6.45) is -0.516. The standard InChI is InChI=1S/C23H24O4/c1-15(2)23(24)27-19(13-25-4)14-26-22-20-8-6-5-7-17(20)12-18-10-9-16(3)11-21(18)22/h5-12,19H,1,13-14H2,2-4H3. The molecule has 4 heteroatoms. The molecule has 0 saturated carbocycles. The maximum atomic E-state index is 11.9. The molecule has 140 valence electrons. The first-order valence-electron chi connectivity index (χ1n) is 8.90. The van der Waals surface area contributed by atoms with Crippen molar-refractivity contribution in [3.63, 3.8) is 0 Å². The van der Waals surface area contributed by atoms with E-state index in [1.807, 2.05) is 18.2 Å². The summed E-state index contributed by atoms with van der Waals surface area (Å²) in [5.74, 6) is 0.346. The molecule has 0 bridgehead atoms. The van der Waals surface area contributed by atoms with Crippen LogP contribution in [0.2, 0.25) is 0 Å². The maximum Gasteiger partial charge on any atom is 0.333 e. The number of methoxy groups -OCH3 is 1. The highest BCUT2D eigenvalue weighted by Gasteiger charge is 2.18. The van der Waals surface area contributed by atoms with Gasteiger partial charge < -0.3 is 14.2 Å². The van der Waals surface area contributed by atoms with E-state index in [1.165, 1.54) is 0 Å². The smallest absolute Gasteiger partial charge is 0.333 e. The lowest BCUT2D eigenvalue weighted by Crippen LogP contribution is -2.29. The van der Waals surface area contributed by atoms with Gasteiger partial charge in [-0.05, 0) is 36.8 Å². The van der Waals surface area contributed by atoms with E-state index < -0.39 is 12.1 Å². The van der Waals surface area contributed by atoms with Crippen LogP contribution < -0.4 is 4.74 Å². The predicted octanol–water partition coefficient (Wildman–Crippen LogP) is 4.81. The number of benzene rings is 3. The molecule has 3 aromatic rings. The van der Waals surface area contributed by atoms with Gasteiger partial charge >= 0.3 is 5.97 Å². The number of hydrogen-bond donors (Lipinski definition) is 0. The summed E-state index contributed by atoms with van der Waals surface area (Å²) in [6.45, 7) is 7.75. The summed E-state index contributed by atoms with van der Waals surface area (Å²) in [5, 5.41) is 4.27. The van der Waals surface area contributed by atoms with Crippen molar-refractivity contribution in [3.8, 4) is 5.75 Å². The molecule has 0 aliphatic heterocycles. The summed E-state index contributed by atoms with van der Waals surface area (Å²) < 4.78 is 16.8. The van der Waals surface area contributed by atoms with E-state index in [-0.39, 0.29) is 13.2 Å². The van der Waals surface area contributed by atoms with Gasteiger partial charge in [-0.15, -0.1) is 0 Å². The lowest BCUT2D eigenvalue weighted by atomic mass is 10.0. The van der Waals surface area contributed by atoms with Crippen molar-refractivity contribution in [2.75, 3.05) is 20.3 Å². The van der Waals surface area contributed by atoms with Crippen LogP contribution in [0, 0.1) is 6.92 Å². The van der Waals surface area contributed by atoms with E-state index in [0.717, 1.165) is 32.9 Å². The number of esters is 1. The summed E-state index contributed by atoms with van der Waals surface area (Å²) in [6, 6.07) is 16.6. The van der Waals surface area contributed by atoms with Crippen LogP contribution in [0.5, 0.6) is 5.75 Å². The van der Waals surface area contributed by atoms with Crippen LogP contribution in [-0.2, 0) is 14.3 Å². The van der Waals surface area contributed by atoms with Gasteiger partial charge in [0.2, 0.25) is 0 Å². The number of rotatable bonds is 7. The van der Waals surface area contributed by atoms with Crippen molar-refractivity contribution in [2.24, 2.45) is 0 Å². The molecule has 1 unspecified atom stereocenters. The van der Waals surface area contributed by atoms with Crippen LogP contribution in [0.25, 0.3) is 21.5 Å². The van der Waals surface area contributed by atoms with Gasteiger partial charge in [-0.2, -0.15) is 0 Å². The molecule has 4 nitrogen and oxygen atoms in total. The maximum absolute atomic E-state index is 11.9. The van der Waals surface area contributed by atoms with Gasteiger partial charge in [0.15, 0.2) is 6.10 Å². The molecular formula is C23H24O4. The molecule has 0 N–H and O–H groups in total. The van der Waals surface area contributed by atoms with Gasteiger partial charge in [0.25, 0.3) is 0 Å². The Kier molecular flexibility index (Phi) is 5.77. The molecule has 0 spiro atoms. The fraction of sp³-hybridized carbons (Fsp3) is 0.261. The lowest BCUT2D eigenvalue weighted by molar-refractivity contribution is -0.148. The SMILES string of the molecule is C=C(C)C(=O)OC(COC)COc1c2ccccc2cc2ccc(C)cc12. The van der Waals surface area contributed by atoms with E-state index in [0.29, 0.717) is 5.57 Å². The summed E-state index contributed by atoms with van der Waals surface area (Å²) >= 11 is 0. The van der Waals surface area contributed by atoms with Crippen molar-refractivity contribution in [3.05, 3.63) is 66.2 Å². The highest BCUT2D eigenvalue weighted by molar-refractivity contribution is 6.05. The Balaban J connectivity index is 1.97. The van der Waals surface area contributed by atoms with Gasteiger partial charge in [-0.1, -0.05) is 48.5 Å². The van der Waals surface area contributed by atoms with E-state index >= 15 is 0 Å². The van der Waals surface area contributed by atoms with Crippen molar-refractivity contribution in [2.45, 2.75) is 20.0 Å². The molecule has 0 fully saturated rings. The Morgan fingerprint density at radius 3 is 2.52 bits per heavy atom. The molecule has 0 heterocycles. The molecule has 27 heavy (non-hydrogen) atoms. The Bertz CT molecular complexity index is 990. The second kappa shape index (κ2) is 8.23. The van der Waals surface area contributed by atoms with Crippen LogP contribution in [0.15, 0.2) is 60.7 Å². The number of carbonyl (C=O) groups excluding carboxylic acids is 1. The highest BCUT2D eigenvalue weighted by atomic mass is 16.6. The number of carbonyl (C=O) groups is 1. The van der Waals surface area contributed by atoms with Gasteiger partial charge in [-0.25, -0.2) is 4.79 Å². The summed E-state index contributed by atoms with van der Waals surface area (Å²) in [7, 11) is 1.57. The van der Waals surface area contributed by atoms with E-state index in [9.17, 15) is 4.79 Å². The quantitative estimate of drug-likeness (QED) is 0.343. The molecule has 0 amide bonds. The molecule has 0 radical (unpaired) electrons. The molecule has 3 rings (SSSR count). The minimum Gasteiger partial charge on any atom is -0.488 e. The lowest BCUT2D eigenvalue weighted by Gasteiger charge is -2.20. The zero-order valence-electron chi connectivity index (χ0n) is 16.0. The third kappa shape index (κ3) is 4.29.